The number of aromatic nitrogens is 3. The summed E-state index contributed by atoms with van der Waals surface area (Å²) in [6.45, 7) is 0.493. The van der Waals surface area contributed by atoms with Gasteiger partial charge in [-0.15, -0.1) is 10.2 Å². The summed E-state index contributed by atoms with van der Waals surface area (Å²) in [6.07, 6.45) is 0.295. The third-order valence-electron chi connectivity index (χ3n) is 2.57. The van der Waals surface area contributed by atoms with Crippen molar-refractivity contribution in [2.75, 3.05) is 25.6 Å². The number of esters is 1. The van der Waals surface area contributed by atoms with E-state index in [9.17, 15) is 4.79 Å². The Balaban J connectivity index is 2.12. The van der Waals surface area contributed by atoms with Gasteiger partial charge in [0.05, 0.1) is 19.0 Å². The molecule has 0 spiro atoms. The van der Waals surface area contributed by atoms with E-state index in [-0.39, 0.29) is 5.97 Å². The molecule has 1 aromatic heterocycles. The first-order valence-corrected chi connectivity index (χ1v) is 5.58. The van der Waals surface area contributed by atoms with Crippen molar-refractivity contribution in [1.82, 2.24) is 15.2 Å². The van der Waals surface area contributed by atoms with Crippen molar-refractivity contribution in [2.45, 2.75) is 6.42 Å². The number of carbonyl (C=O) groups excluding carboxylic acids is 1. The molecule has 0 atom stereocenters. The number of para-hydroxylation sites is 1. The maximum absolute atomic E-state index is 11.1. The number of benzene rings is 1. The average molecular weight is 246 g/mol. The highest BCUT2D eigenvalue weighted by atomic mass is 16.5. The van der Waals surface area contributed by atoms with Crippen molar-refractivity contribution < 1.29 is 9.53 Å². The van der Waals surface area contributed by atoms with Crippen LogP contribution in [0.3, 0.4) is 0 Å². The van der Waals surface area contributed by atoms with Crippen LogP contribution in [0.5, 0.6) is 0 Å². The van der Waals surface area contributed by atoms with Crippen LogP contribution in [0.2, 0.25) is 0 Å². The van der Waals surface area contributed by atoms with E-state index >= 15 is 0 Å². The number of hydrogen-bond donors (Lipinski definition) is 0. The van der Waals surface area contributed by atoms with Crippen molar-refractivity contribution in [3.05, 3.63) is 24.3 Å². The number of methoxy groups -OCH3 is 1. The fraction of sp³-hybridized carbons (Fsp3) is 0.333. The van der Waals surface area contributed by atoms with Crippen LogP contribution < -0.4 is 4.90 Å². The predicted octanol–water partition coefficient (Wildman–Crippen LogP) is 1.02. The molecule has 1 aromatic carbocycles. The molecule has 2 rings (SSSR count). The molecule has 6 nitrogen and oxygen atoms in total. The average Bonchev–Trinajstić information content (AvgIpc) is 2.43. The van der Waals surface area contributed by atoms with Gasteiger partial charge in [-0.2, -0.15) is 0 Å². The first-order chi connectivity index (χ1) is 8.70. The fourth-order valence-electron chi connectivity index (χ4n) is 1.49. The second kappa shape index (κ2) is 5.39. The normalized spacial score (nSPS) is 10.3. The minimum absolute atomic E-state index is 0.254. The number of nitrogens with zero attached hydrogens (tertiary/aromatic N) is 4. The number of fused-ring (bicyclic) bond motifs is 1. The minimum Gasteiger partial charge on any atom is -0.469 e. The maximum atomic E-state index is 11.1. The van der Waals surface area contributed by atoms with Crippen molar-refractivity contribution in [1.29, 1.82) is 0 Å². The van der Waals surface area contributed by atoms with Crippen molar-refractivity contribution in [2.24, 2.45) is 0 Å². The van der Waals surface area contributed by atoms with Crippen LogP contribution in [0.15, 0.2) is 24.3 Å². The van der Waals surface area contributed by atoms with Gasteiger partial charge in [-0.05, 0) is 12.1 Å². The SMILES string of the molecule is COC(=O)CCN(C)c1nnc2ccccc2n1. The summed E-state index contributed by atoms with van der Waals surface area (Å²) >= 11 is 0. The zero-order valence-electron chi connectivity index (χ0n) is 10.3. The lowest BCUT2D eigenvalue weighted by molar-refractivity contribution is -0.140. The lowest BCUT2D eigenvalue weighted by Crippen LogP contribution is -2.23. The molecule has 1 heterocycles. The Morgan fingerprint density at radius 2 is 2.00 bits per heavy atom. The second-order valence-corrected chi connectivity index (χ2v) is 3.85. The third kappa shape index (κ3) is 2.71. The second-order valence-electron chi connectivity index (χ2n) is 3.85. The summed E-state index contributed by atoms with van der Waals surface area (Å²) in [6, 6.07) is 7.52. The Morgan fingerprint density at radius 3 is 2.72 bits per heavy atom. The fourth-order valence-corrected chi connectivity index (χ4v) is 1.49. The summed E-state index contributed by atoms with van der Waals surface area (Å²) in [7, 11) is 3.19. The van der Waals surface area contributed by atoms with Crippen LogP contribution in [-0.4, -0.2) is 41.9 Å². The number of carbonyl (C=O) groups is 1. The van der Waals surface area contributed by atoms with E-state index in [0.717, 1.165) is 11.0 Å². The molecule has 0 saturated carbocycles. The highest BCUT2D eigenvalue weighted by Gasteiger charge is 2.09. The van der Waals surface area contributed by atoms with Gasteiger partial charge < -0.3 is 9.64 Å². The summed E-state index contributed by atoms with van der Waals surface area (Å²) in [4.78, 5) is 17.2. The van der Waals surface area contributed by atoms with Gasteiger partial charge >= 0.3 is 5.97 Å². The monoisotopic (exact) mass is 246 g/mol. The minimum atomic E-state index is -0.254. The maximum Gasteiger partial charge on any atom is 0.307 e. The van der Waals surface area contributed by atoms with Gasteiger partial charge in [0, 0.05) is 13.6 Å². The molecule has 6 heteroatoms. The van der Waals surface area contributed by atoms with E-state index in [4.69, 9.17) is 0 Å². The number of ether oxygens (including phenoxy) is 1. The zero-order valence-corrected chi connectivity index (χ0v) is 10.3. The Labute approximate surface area is 105 Å². The van der Waals surface area contributed by atoms with Crippen LogP contribution in [0.25, 0.3) is 11.0 Å². The molecular weight excluding hydrogens is 232 g/mol. The first kappa shape index (κ1) is 12.2. The standard InChI is InChI=1S/C12H14N4O2/c1-16(8-7-11(17)18-2)12-13-9-5-3-4-6-10(9)14-15-12/h3-6H,7-8H2,1-2H3. The molecule has 18 heavy (non-hydrogen) atoms. The molecule has 0 fully saturated rings. The number of hydrogen-bond acceptors (Lipinski definition) is 6. The van der Waals surface area contributed by atoms with E-state index in [1.165, 1.54) is 7.11 Å². The van der Waals surface area contributed by atoms with Crippen LogP contribution in [0.4, 0.5) is 5.95 Å². The Hall–Kier alpha value is -2.24. The van der Waals surface area contributed by atoms with Gasteiger partial charge in [-0.25, -0.2) is 4.98 Å². The smallest absolute Gasteiger partial charge is 0.307 e. The van der Waals surface area contributed by atoms with Crippen LogP contribution in [-0.2, 0) is 9.53 Å². The molecule has 0 amide bonds. The summed E-state index contributed by atoms with van der Waals surface area (Å²) in [5.74, 6) is 0.244. The molecule has 0 unspecified atom stereocenters. The van der Waals surface area contributed by atoms with Gasteiger partial charge in [0.2, 0.25) is 5.95 Å². The zero-order chi connectivity index (χ0) is 13.0. The van der Waals surface area contributed by atoms with Crippen LogP contribution >= 0.6 is 0 Å². The lowest BCUT2D eigenvalue weighted by Gasteiger charge is -2.15. The molecule has 0 saturated heterocycles. The summed E-state index contributed by atoms with van der Waals surface area (Å²) in [5, 5.41) is 8.10. The van der Waals surface area contributed by atoms with E-state index in [1.54, 1.807) is 4.90 Å². The van der Waals surface area contributed by atoms with Crippen molar-refractivity contribution in [3.8, 4) is 0 Å². The topological polar surface area (TPSA) is 68.2 Å². The molecule has 94 valence electrons. The van der Waals surface area contributed by atoms with Crippen LogP contribution in [0.1, 0.15) is 6.42 Å². The quantitative estimate of drug-likeness (QED) is 0.750. The molecule has 0 aliphatic carbocycles. The number of anilines is 1. The van der Waals surface area contributed by atoms with Crippen molar-refractivity contribution in [3.63, 3.8) is 0 Å². The number of rotatable bonds is 4. The molecule has 0 radical (unpaired) electrons. The van der Waals surface area contributed by atoms with E-state index in [1.807, 2.05) is 31.3 Å². The molecule has 0 aliphatic heterocycles. The lowest BCUT2D eigenvalue weighted by atomic mass is 10.3. The predicted molar refractivity (Wildman–Crippen MR) is 67.2 cm³/mol. The van der Waals surface area contributed by atoms with Gasteiger partial charge in [-0.1, -0.05) is 12.1 Å². The molecule has 0 aliphatic rings. The van der Waals surface area contributed by atoms with Gasteiger partial charge in [0.15, 0.2) is 0 Å². The molecule has 0 bridgehead atoms. The van der Waals surface area contributed by atoms with Gasteiger partial charge in [-0.3, -0.25) is 4.79 Å². The van der Waals surface area contributed by atoms with Crippen LogP contribution in [0, 0.1) is 0 Å². The van der Waals surface area contributed by atoms with Crippen molar-refractivity contribution >= 4 is 23.0 Å². The van der Waals surface area contributed by atoms with E-state index in [2.05, 4.69) is 19.9 Å². The summed E-state index contributed by atoms with van der Waals surface area (Å²) < 4.78 is 4.58. The van der Waals surface area contributed by atoms with E-state index in [0.29, 0.717) is 18.9 Å². The molecule has 0 N–H and O–H groups in total. The molecular formula is C12H14N4O2. The largest absolute Gasteiger partial charge is 0.469 e. The summed E-state index contributed by atoms with van der Waals surface area (Å²) in [5.41, 5.74) is 1.54. The van der Waals surface area contributed by atoms with E-state index < -0.39 is 0 Å². The Kier molecular flexibility index (Phi) is 3.66. The third-order valence-corrected chi connectivity index (χ3v) is 2.57. The van der Waals surface area contributed by atoms with Gasteiger partial charge in [0.25, 0.3) is 0 Å². The molecule has 2 aromatic rings. The highest BCUT2D eigenvalue weighted by molar-refractivity contribution is 5.74. The Morgan fingerprint density at radius 1 is 1.28 bits per heavy atom. The highest BCUT2D eigenvalue weighted by Crippen LogP contribution is 2.11. The Bertz CT molecular complexity index is 559. The van der Waals surface area contributed by atoms with Gasteiger partial charge in [0.1, 0.15) is 5.52 Å². The first-order valence-electron chi connectivity index (χ1n) is 5.58.